The molecule has 0 bridgehead atoms. The Bertz CT molecular complexity index is 545. The van der Waals surface area contributed by atoms with Crippen molar-refractivity contribution in [3.63, 3.8) is 0 Å². The Hall–Kier alpha value is -1.31. The zero-order chi connectivity index (χ0) is 13.8. The van der Waals surface area contributed by atoms with Crippen molar-refractivity contribution in [2.24, 2.45) is 0 Å². The lowest BCUT2D eigenvalue weighted by Gasteiger charge is -2.10. The van der Waals surface area contributed by atoms with Gasteiger partial charge in [0.05, 0.1) is 17.0 Å². The van der Waals surface area contributed by atoms with Crippen molar-refractivity contribution in [1.82, 2.24) is 4.72 Å². The third-order valence-electron chi connectivity index (χ3n) is 2.03. The van der Waals surface area contributed by atoms with Gasteiger partial charge in [-0.25, -0.2) is 17.9 Å². The van der Waals surface area contributed by atoms with Crippen LogP contribution in [0, 0.1) is 0 Å². The van der Waals surface area contributed by atoms with Crippen LogP contribution < -0.4 is 10.0 Å². The summed E-state index contributed by atoms with van der Waals surface area (Å²) in [7, 11) is -3.25. The largest absolute Gasteiger partial charge is 0.478 e. The summed E-state index contributed by atoms with van der Waals surface area (Å²) in [6.07, 6.45) is 1.05. The molecule has 18 heavy (non-hydrogen) atoms. The third kappa shape index (κ3) is 4.52. The Kier molecular flexibility index (Phi) is 4.94. The number of halogens is 1. The molecule has 0 aliphatic rings. The number of rotatable bonds is 6. The maximum Gasteiger partial charge on any atom is 0.339 e. The molecule has 0 saturated heterocycles. The smallest absolute Gasteiger partial charge is 0.339 e. The van der Waals surface area contributed by atoms with Crippen LogP contribution in [0.3, 0.4) is 0 Å². The molecule has 0 spiro atoms. The molecule has 0 heterocycles. The molecule has 0 aliphatic carbocycles. The Morgan fingerprint density at radius 1 is 1.39 bits per heavy atom. The first kappa shape index (κ1) is 14.7. The van der Waals surface area contributed by atoms with E-state index in [2.05, 4.69) is 10.0 Å². The van der Waals surface area contributed by atoms with Gasteiger partial charge < -0.3 is 10.4 Å². The minimum Gasteiger partial charge on any atom is -0.478 e. The summed E-state index contributed by atoms with van der Waals surface area (Å²) < 4.78 is 23.9. The highest BCUT2D eigenvalue weighted by Gasteiger charge is 2.13. The lowest BCUT2D eigenvalue weighted by Crippen LogP contribution is -2.28. The molecule has 100 valence electrons. The Labute approximate surface area is 110 Å². The molecule has 0 unspecified atom stereocenters. The van der Waals surface area contributed by atoms with Gasteiger partial charge in [0.25, 0.3) is 0 Å². The van der Waals surface area contributed by atoms with Gasteiger partial charge in [-0.1, -0.05) is 17.7 Å². The van der Waals surface area contributed by atoms with Gasteiger partial charge in [0.15, 0.2) is 0 Å². The van der Waals surface area contributed by atoms with Crippen molar-refractivity contribution in [2.75, 3.05) is 24.7 Å². The first-order valence-corrected chi connectivity index (χ1v) is 7.28. The molecule has 0 saturated carbocycles. The number of carboxylic acid groups (broad SMARTS) is 1. The SMILES string of the molecule is CS(=O)(=O)NCCNc1cccc(Cl)c1C(=O)O. The van der Waals surface area contributed by atoms with Crippen LogP contribution in [0.15, 0.2) is 18.2 Å². The van der Waals surface area contributed by atoms with Crippen LogP contribution in [0.4, 0.5) is 5.69 Å². The number of carboxylic acids is 1. The van der Waals surface area contributed by atoms with Gasteiger partial charge in [0.2, 0.25) is 10.0 Å². The second-order valence-electron chi connectivity index (χ2n) is 3.56. The van der Waals surface area contributed by atoms with Crippen molar-refractivity contribution in [3.05, 3.63) is 28.8 Å². The van der Waals surface area contributed by atoms with E-state index >= 15 is 0 Å². The molecule has 3 N–H and O–H groups in total. The van der Waals surface area contributed by atoms with E-state index in [1.807, 2.05) is 0 Å². The standard InChI is InChI=1S/C10H13ClN2O4S/c1-18(16,17)13-6-5-12-8-4-2-3-7(11)9(8)10(14)15/h2-4,12-13H,5-6H2,1H3,(H,14,15). The molecule has 8 heteroatoms. The molecule has 0 fully saturated rings. The number of sulfonamides is 1. The lowest BCUT2D eigenvalue weighted by atomic mass is 10.2. The van der Waals surface area contributed by atoms with E-state index in [0.717, 1.165) is 6.26 Å². The fraction of sp³-hybridized carbons (Fsp3) is 0.300. The highest BCUT2D eigenvalue weighted by atomic mass is 35.5. The second-order valence-corrected chi connectivity index (χ2v) is 5.80. The van der Waals surface area contributed by atoms with Gasteiger partial charge in [-0.3, -0.25) is 0 Å². The zero-order valence-electron chi connectivity index (χ0n) is 9.60. The molecule has 0 aliphatic heterocycles. The lowest BCUT2D eigenvalue weighted by molar-refractivity contribution is 0.0698. The number of hydrogen-bond acceptors (Lipinski definition) is 4. The molecular weight excluding hydrogens is 280 g/mol. The molecule has 1 aromatic rings. The quantitative estimate of drug-likeness (QED) is 0.680. The van der Waals surface area contributed by atoms with E-state index in [1.54, 1.807) is 12.1 Å². The highest BCUT2D eigenvalue weighted by molar-refractivity contribution is 7.88. The van der Waals surface area contributed by atoms with Crippen molar-refractivity contribution in [1.29, 1.82) is 0 Å². The maximum atomic E-state index is 11.0. The Morgan fingerprint density at radius 2 is 2.06 bits per heavy atom. The predicted octanol–water partition coefficient (Wildman–Crippen LogP) is 0.999. The van der Waals surface area contributed by atoms with Crippen molar-refractivity contribution >= 4 is 33.3 Å². The number of nitrogens with one attached hydrogen (secondary N) is 2. The zero-order valence-corrected chi connectivity index (χ0v) is 11.2. The minimum atomic E-state index is -3.25. The maximum absolute atomic E-state index is 11.0. The van der Waals surface area contributed by atoms with Crippen molar-refractivity contribution < 1.29 is 18.3 Å². The summed E-state index contributed by atoms with van der Waals surface area (Å²) in [4.78, 5) is 11.0. The van der Waals surface area contributed by atoms with E-state index in [0.29, 0.717) is 5.69 Å². The Morgan fingerprint density at radius 3 is 2.61 bits per heavy atom. The van der Waals surface area contributed by atoms with Crippen LogP contribution in [0.5, 0.6) is 0 Å². The predicted molar refractivity (Wildman–Crippen MR) is 69.7 cm³/mol. The van der Waals surface area contributed by atoms with Gasteiger partial charge >= 0.3 is 5.97 Å². The highest BCUT2D eigenvalue weighted by Crippen LogP contribution is 2.23. The fourth-order valence-electron chi connectivity index (χ4n) is 1.32. The average molecular weight is 293 g/mol. The van der Waals surface area contributed by atoms with Crippen molar-refractivity contribution in [2.45, 2.75) is 0 Å². The van der Waals surface area contributed by atoms with E-state index in [4.69, 9.17) is 16.7 Å². The Balaban J connectivity index is 2.68. The van der Waals surface area contributed by atoms with Crippen LogP contribution in [-0.2, 0) is 10.0 Å². The average Bonchev–Trinajstić information content (AvgIpc) is 2.22. The van der Waals surface area contributed by atoms with Gasteiger partial charge in [-0.2, -0.15) is 0 Å². The summed E-state index contributed by atoms with van der Waals surface area (Å²) in [5.41, 5.74) is 0.323. The van der Waals surface area contributed by atoms with Crippen LogP contribution >= 0.6 is 11.6 Å². The van der Waals surface area contributed by atoms with Crippen LogP contribution in [0.1, 0.15) is 10.4 Å². The number of anilines is 1. The molecule has 0 radical (unpaired) electrons. The van der Waals surface area contributed by atoms with Gasteiger partial charge in [0, 0.05) is 13.1 Å². The van der Waals surface area contributed by atoms with E-state index in [1.165, 1.54) is 6.07 Å². The number of hydrogen-bond donors (Lipinski definition) is 3. The molecule has 0 aromatic heterocycles. The van der Waals surface area contributed by atoms with Gasteiger partial charge in [-0.15, -0.1) is 0 Å². The van der Waals surface area contributed by atoms with E-state index in [9.17, 15) is 13.2 Å². The first-order valence-electron chi connectivity index (χ1n) is 5.01. The number of aromatic carboxylic acids is 1. The summed E-state index contributed by atoms with van der Waals surface area (Å²) in [6.45, 7) is 0.415. The van der Waals surface area contributed by atoms with Gasteiger partial charge in [-0.05, 0) is 12.1 Å². The first-order chi connectivity index (χ1) is 8.31. The number of carbonyl (C=O) groups is 1. The van der Waals surface area contributed by atoms with Crippen LogP contribution in [-0.4, -0.2) is 38.8 Å². The molecule has 6 nitrogen and oxygen atoms in total. The van der Waals surface area contributed by atoms with Crippen LogP contribution in [0.2, 0.25) is 5.02 Å². The second kappa shape index (κ2) is 6.03. The summed E-state index contributed by atoms with van der Waals surface area (Å²) in [5.74, 6) is -1.14. The summed E-state index contributed by atoms with van der Waals surface area (Å²) >= 11 is 5.78. The van der Waals surface area contributed by atoms with E-state index < -0.39 is 16.0 Å². The summed E-state index contributed by atoms with van der Waals surface area (Å²) in [6, 6.07) is 4.65. The fourth-order valence-corrected chi connectivity index (χ4v) is 2.05. The monoisotopic (exact) mass is 292 g/mol. The van der Waals surface area contributed by atoms with Gasteiger partial charge in [0.1, 0.15) is 5.56 Å². The van der Waals surface area contributed by atoms with Crippen molar-refractivity contribution in [3.8, 4) is 0 Å². The number of benzene rings is 1. The summed E-state index contributed by atoms with van der Waals surface area (Å²) in [5, 5.41) is 11.9. The minimum absolute atomic E-state index is 0.0291. The molecule has 1 aromatic carbocycles. The molecule has 0 amide bonds. The normalized spacial score (nSPS) is 11.2. The van der Waals surface area contributed by atoms with E-state index in [-0.39, 0.29) is 23.7 Å². The molecule has 0 atom stereocenters. The third-order valence-corrected chi connectivity index (χ3v) is 3.08. The van der Waals surface area contributed by atoms with Crippen LogP contribution in [0.25, 0.3) is 0 Å². The molecular formula is C10H13ClN2O4S. The topological polar surface area (TPSA) is 95.5 Å². The molecule has 1 rings (SSSR count).